The molecule has 0 radical (unpaired) electrons. The second kappa shape index (κ2) is 5.32. The molecule has 4 nitrogen and oxygen atoms in total. The first-order chi connectivity index (χ1) is 8.92. The van der Waals surface area contributed by atoms with Gasteiger partial charge in [0.1, 0.15) is 0 Å². The van der Waals surface area contributed by atoms with Crippen molar-refractivity contribution >= 4 is 27.0 Å². The van der Waals surface area contributed by atoms with E-state index < -0.39 is 10.0 Å². The molecule has 0 spiro atoms. The Kier molecular flexibility index (Phi) is 3.93. The lowest BCUT2D eigenvalue weighted by atomic mass is 10.1. The van der Waals surface area contributed by atoms with E-state index >= 15 is 0 Å². The minimum Gasteiger partial charge on any atom is -0.398 e. The van der Waals surface area contributed by atoms with Crippen LogP contribution in [0.4, 0.5) is 5.69 Å². The van der Waals surface area contributed by atoms with Crippen LogP contribution >= 0.6 is 11.3 Å². The number of nitrogens with one attached hydrogen (secondary N) is 1. The average molecular weight is 296 g/mol. The second-order valence-corrected chi connectivity index (χ2v) is 6.87. The fourth-order valence-electron chi connectivity index (χ4n) is 1.90. The van der Waals surface area contributed by atoms with Gasteiger partial charge in [-0.05, 0) is 53.4 Å². The topological polar surface area (TPSA) is 72.2 Å². The van der Waals surface area contributed by atoms with Crippen LogP contribution in [0.2, 0.25) is 0 Å². The van der Waals surface area contributed by atoms with Crippen molar-refractivity contribution < 1.29 is 8.42 Å². The molecule has 2 aromatic rings. The van der Waals surface area contributed by atoms with Gasteiger partial charge in [0.2, 0.25) is 10.0 Å². The summed E-state index contributed by atoms with van der Waals surface area (Å²) >= 11 is 1.54. The molecule has 0 saturated heterocycles. The number of hydrogen-bond acceptors (Lipinski definition) is 4. The number of rotatable bonds is 4. The van der Waals surface area contributed by atoms with Crippen molar-refractivity contribution in [1.29, 1.82) is 0 Å². The predicted molar refractivity (Wildman–Crippen MR) is 78.7 cm³/mol. The summed E-state index contributed by atoms with van der Waals surface area (Å²) in [6.45, 7) is 3.78. The minimum atomic E-state index is -3.55. The molecule has 0 aliphatic carbocycles. The third-order valence-electron chi connectivity index (χ3n) is 2.96. The van der Waals surface area contributed by atoms with Crippen molar-refractivity contribution in [2.75, 3.05) is 5.73 Å². The summed E-state index contributed by atoms with van der Waals surface area (Å²) < 4.78 is 27.3. The first kappa shape index (κ1) is 14.0. The number of nitrogens with two attached hydrogens (primary N) is 1. The highest BCUT2D eigenvalue weighted by molar-refractivity contribution is 7.89. The van der Waals surface area contributed by atoms with E-state index in [1.807, 2.05) is 16.8 Å². The van der Waals surface area contributed by atoms with Crippen LogP contribution < -0.4 is 10.5 Å². The molecular weight excluding hydrogens is 280 g/mol. The van der Waals surface area contributed by atoms with Crippen molar-refractivity contribution in [3.63, 3.8) is 0 Å². The first-order valence-corrected chi connectivity index (χ1v) is 8.21. The first-order valence-electron chi connectivity index (χ1n) is 5.78. The Bertz CT molecular complexity index is 677. The van der Waals surface area contributed by atoms with Crippen LogP contribution in [0, 0.1) is 13.8 Å². The van der Waals surface area contributed by atoms with E-state index in [4.69, 9.17) is 5.73 Å². The van der Waals surface area contributed by atoms with E-state index in [2.05, 4.69) is 4.72 Å². The van der Waals surface area contributed by atoms with Crippen molar-refractivity contribution in [3.05, 3.63) is 45.6 Å². The van der Waals surface area contributed by atoms with Gasteiger partial charge in [-0.1, -0.05) is 6.07 Å². The Morgan fingerprint density at radius 3 is 2.63 bits per heavy atom. The number of thiophene rings is 1. The fraction of sp³-hybridized carbons (Fsp3) is 0.231. The molecular formula is C13H16N2O2S2. The van der Waals surface area contributed by atoms with Crippen LogP contribution in [0.25, 0.3) is 0 Å². The van der Waals surface area contributed by atoms with E-state index in [9.17, 15) is 8.42 Å². The van der Waals surface area contributed by atoms with Crippen LogP contribution in [0.15, 0.2) is 33.9 Å². The Morgan fingerprint density at radius 1 is 1.26 bits per heavy atom. The molecule has 0 unspecified atom stereocenters. The van der Waals surface area contributed by atoms with Gasteiger partial charge in [-0.3, -0.25) is 0 Å². The summed E-state index contributed by atoms with van der Waals surface area (Å²) in [5.74, 6) is 0. The monoisotopic (exact) mass is 296 g/mol. The molecule has 0 amide bonds. The van der Waals surface area contributed by atoms with Crippen molar-refractivity contribution in [3.8, 4) is 0 Å². The van der Waals surface area contributed by atoms with E-state index in [1.54, 1.807) is 26.0 Å². The third-order valence-corrected chi connectivity index (χ3v) is 5.38. The quantitative estimate of drug-likeness (QED) is 0.851. The highest BCUT2D eigenvalue weighted by Gasteiger charge is 2.20. The molecule has 1 heterocycles. The Hall–Kier alpha value is -1.37. The lowest BCUT2D eigenvalue weighted by molar-refractivity contribution is 0.580. The van der Waals surface area contributed by atoms with Gasteiger partial charge in [-0.15, -0.1) is 0 Å². The summed E-state index contributed by atoms with van der Waals surface area (Å²) in [5, 5.41) is 3.84. The maximum Gasteiger partial charge on any atom is 0.241 e. The number of nitrogen functional groups attached to an aromatic ring is 1. The largest absolute Gasteiger partial charge is 0.398 e. The van der Waals surface area contributed by atoms with Gasteiger partial charge in [0.05, 0.1) is 4.90 Å². The number of hydrogen-bond donors (Lipinski definition) is 2. The van der Waals surface area contributed by atoms with E-state index in [0.717, 1.165) is 5.56 Å². The normalized spacial score (nSPS) is 11.7. The Balaban J connectivity index is 2.32. The second-order valence-electron chi connectivity index (χ2n) is 4.38. The molecule has 0 saturated carbocycles. The fourth-order valence-corrected chi connectivity index (χ4v) is 4.08. The molecule has 1 aromatic carbocycles. The molecule has 1 aromatic heterocycles. The maximum atomic E-state index is 12.4. The van der Waals surface area contributed by atoms with Crippen LogP contribution in [0.5, 0.6) is 0 Å². The standard InChI is InChI=1S/C13H16N2O2S2/c1-9-3-4-12(14)10(2)13(9)19(16,17)15-7-11-5-6-18-8-11/h3-6,8,15H,7,14H2,1-2H3. The van der Waals surface area contributed by atoms with Gasteiger partial charge in [-0.25, -0.2) is 13.1 Å². The van der Waals surface area contributed by atoms with Crippen LogP contribution in [-0.4, -0.2) is 8.42 Å². The summed E-state index contributed by atoms with van der Waals surface area (Å²) in [4.78, 5) is 0.280. The van der Waals surface area contributed by atoms with E-state index in [-0.39, 0.29) is 4.90 Å². The van der Waals surface area contributed by atoms with Crippen molar-refractivity contribution in [1.82, 2.24) is 4.72 Å². The molecule has 19 heavy (non-hydrogen) atoms. The molecule has 0 fully saturated rings. The smallest absolute Gasteiger partial charge is 0.241 e. The van der Waals surface area contributed by atoms with Gasteiger partial charge in [0.15, 0.2) is 0 Å². The molecule has 102 valence electrons. The Morgan fingerprint density at radius 2 is 2.00 bits per heavy atom. The highest BCUT2D eigenvalue weighted by Crippen LogP contribution is 2.24. The molecule has 6 heteroatoms. The van der Waals surface area contributed by atoms with Crippen LogP contribution in [0.1, 0.15) is 16.7 Å². The zero-order chi connectivity index (χ0) is 14.0. The summed E-state index contributed by atoms with van der Waals surface area (Å²) in [5.41, 5.74) is 8.52. The van der Waals surface area contributed by atoms with Gasteiger partial charge in [0, 0.05) is 12.2 Å². The molecule has 0 bridgehead atoms. The molecule has 0 atom stereocenters. The summed E-state index contributed by atoms with van der Waals surface area (Å²) in [6.07, 6.45) is 0. The van der Waals surface area contributed by atoms with E-state index in [0.29, 0.717) is 23.4 Å². The van der Waals surface area contributed by atoms with Gasteiger partial charge in [0.25, 0.3) is 0 Å². The molecule has 3 N–H and O–H groups in total. The van der Waals surface area contributed by atoms with Gasteiger partial charge < -0.3 is 5.73 Å². The predicted octanol–water partition coefficient (Wildman–Crippen LogP) is 2.43. The van der Waals surface area contributed by atoms with Crippen molar-refractivity contribution in [2.45, 2.75) is 25.3 Å². The summed E-state index contributed by atoms with van der Waals surface area (Å²) in [7, 11) is -3.55. The third kappa shape index (κ3) is 2.97. The summed E-state index contributed by atoms with van der Waals surface area (Å²) in [6, 6.07) is 5.34. The zero-order valence-corrected chi connectivity index (χ0v) is 12.4. The number of benzene rings is 1. The number of anilines is 1. The van der Waals surface area contributed by atoms with Crippen LogP contribution in [0.3, 0.4) is 0 Å². The lowest BCUT2D eigenvalue weighted by Gasteiger charge is -2.13. The Labute approximate surface area is 117 Å². The average Bonchev–Trinajstić information content (AvgIpc) is 2.85. The molecule has 0 aliphatic heterocycles. The van der Waals surface area contributed by atoms with Crippen molar-refractivity contribution in [2.24, 2.45) is 0 Å². The SMILES string of the molecule is Cc1ccc(N)c(C)c1S(=O)(=O)NCc1ccsc1. The van der Waals surface area contributed by atoms with Gasteiger partial charge >= 0.3 is 0 Å². The van der Waals surface area contributed by atoms with Crippen LogP contribution in [-0.2, 0) is 16.6 Å². The highest BCUT2D eigenvalue weighted by atomic mass is 32.2. The zero-order valence-electron chi connectivity index (χ0n) is 10.8. The molecule has 2 rings (SSSR count). The number of sulfonamides is 1. The minimum absolute atomic E-state index is 0.280. The number of aryl methyl sites for hydroxylation is 1. The molecule has 0 aliphatic rings. The maximum absolute atomic E-state index is 12.4. The lowest BCUT2D eigenvalue weighted by Crippen LogP contribution is -2.25. The van der Waals surface area contributed by atoms with Gasteiger partial charge in [-0.2, -0.15) is 11.3 Å². The van der Waals surface area contributed by atoms with E-state index in [1.165, 1.54) is 11.3 Å².